The van der Waals surface area contributed by atoms with Crippen LogP contribution in [0.3, 0.4) is 0 Å². The van der Waals surface area contributed by atoms with E-state index < -0.39 is 0 Å². The first-order valence-corrected chi connectivity index (χ1v) is 8.10. The molecule has 1 atom stereocenters. The second-order valence-electron chi connectivity index (χ2n) is 6.58. The lowest BCUT2D eigenvalue weighted by Gasteiger charge is -2.44. The van der Waals surface area contributed by atoms with Crippen molar-refractivity contribution in [3.63, 3.8) is 0 Å². The molecule has 0 saturated carbocycles. The van der Waals surface area contributed by atoms with Gasteiger partial charge in [0.25, 0.3) is 5.91 Å². The molecular formula is C18H21N3O. The van der Waals surface area contributed by atoms with Crippen LogP contribution in [0.4, 0.5) is 0 Å². The minimum atomic E-state index is 0.0428. The first kappa shape index (κ1) is 13.7. The zero-order valence-electron chi connectivity index (χ0n) is 12.9. The lowest BCUT2D eigenvalue weighted by molar-refractivity contribution is 0.0620. The number of pyridine rings is 1. The summed E-state index contributed by atoms with van der Waals surface area (Å²) in [5.41, 5.74) is 2.67. The summed E-state index contributed by atoms with van der Waals surface area (Å²) in [6.45, 7) is 5.37. The predicted molar refractivity (Wildman–Crippen MR) is 86.9 cm³/mol. The van der Waals surface area contributed by atoms with E-state index in [2.05, 4.69) is 15.2 Å². The maximum absolute atomic E-state index is 12.5. The lowest BCUT2D eigenvalue weighted by atomic mass is 9.84. The molecule has 3 fully saturated rings. The number of carbonyl (C=O) groups excluding carboxylic acids is 1. The van der Waals surface area contributed by atoms with E-state index >= 15 is 0 Å². The number of carbonyl (C=O) groups is 1. The lowest BCUT2D eigenvalue weighted by Crippen LogP contribution is -2.57. The molecule has 3 saturated heterocycles. The third kappa shape index (κ3) is 2.48. The third-order valence-corrected chi connectivity index (χ3v) is 5.06. The molecule has 3 aliphatic rings. The highest BCUT2D eigenvalue weighted by Crippen LogP contribution is 2.27. The Morgan fingerprint density at radius 3 is 2.77 bits per heavy atom. The van der Waals surface area contributed by atoms with Gasteiger partial charge in [-0.2, -0.15) is 0 Å². The van der Waals surface area contributed by atoms with Gasteiger partial charge in [-0.3, -0.25) is 9.78 Å². The smallest absolute Gasteiger partial charge is 0.251 e. The zero-order chi connectivity index (χ0) is 15.1. The van der Waals surface area contributed by atoms with Crippen LogP contribution >= 0.6 is 0 Å². The molecule has 0 aliphatic carbocycles. The summed E-state index contributed by atoms with van der Waals surface area (Å²) < 4.78 is 0. The molecule has 1 aromatic carbocycles. The molecule has 2 aromatic rings. The highest BCUT2D eigenvalue weighted by molar-refractivity contribution is 5.98. The first-order chi connectivity index (χ1) is 10.7. The fourth-order valence-corrected chi connectivity index (χ4v) is 3.75. The number of aromatic nitrogens is 1. The molecule has 2 bridgehead atoms. The van der Waals surface area contributed by atoms with Crippen LogP contribution in [0.1, 0.15) is 28.9 Å². The van der Waals surface area contributed by atoms with Crippen molar-refractivity contribution in [2.75, 3.05) is 19.6 Å². The van der Waals surface area contributed by atoms with Gasteiger partial charge in [0, 0.05) is 29.2 Å². The quantitative estimate of drug-likeness (QED) is 0.925. The highest BCUT2D eigenvalue weighted by atomic mass is 16.1. The predicted octanol–water partition coefficient (Wildman–Crippen LogP) is 2.37. The van der Waals surface area contributed by atoms with Crippen LogP contribution in [-0.2, 0) is 0 Å². The van der Waals surface area contributed by atoms with Gasteiger partial charge in [-0.25, -0.2) is 0 Å². The minimum absolute atomic E-state index is 0.0428. The number of hydrogen-bond donors (Lipinski definition) is 1. The molecule has 5 rings (SSSR count). The van der Waals surface area contributed by atoms with Crippen molar-refractivity contribution < 1.29 is 4.79 Å². The number of nitrogens with one attached hydrogen (secondary N) is 1. The second-order valence-corrected chi connectivity index (χ2v) is 6.58. The Kier molecular flexibility index (Phi) is 3.34. The summed E-state index contributed by atoms with van der Waals surface area (Å²) >= 11 is 0. The largest absolute Gasteiger partial charge is 0.348 e. The van der Waals surface area contributed by atoms with Gasteiger partial charge in [-0.05, 0) is 63.0 Å². The van der Waals surface area contributed by atoms with Crippen LogP contribution < -0.4 is 5.32 Å². The van der Waals surface area contributed by atoms with E-state index in [1.807, 2.05) is 37.3 Å². The summed E-state index contributed by atoms with van der Waals surface area (Å²) in [5.74, 6) is 0.694. The van der Waals surface area contributed by atoms with Gasteiger partial charge in [0.15, 0.2) is 0 Å². The van der Waals surface area contributed by atoms with E-state index in [1.54, 1.807) is 0 Å². The van der Waals surface area contributed by atoms with Crippen molar-refractivity contribution in [3.05, 3.63) is 41.6 Å². The van der Waals surface area contributed by atoms with Crippen LogP contribution in [0, 0.1) is 12.8 Å². The van der Waals surface area contributed by atoms with Crippen LogP contribution in [-0.4, -0.2) is 41.5 Å². The molecule has 4 nitrogen and oxygen atoms in total. The summed E-state index contributed by atoms with van der Waals surface area (Å²) in [4.78, 5) is 19.5. The molecule has 3 aliphatic heterocycles. The van der Waals surface area contributed by atoms with Gasteiger partial charge in [0.1, 0.15) is 0 Å². The molecule has 1 unspecified atom stereocenters. The molecule has 22 heavy (non-hydrogen) atoms. The van der Waals surface area contributed by atoms with E-state index in [-0.39, 0.29) is 5.91 Å². The second kappa shape index (κ2) is 5.36. The van der Waals surface area contributed by atoms with Crippen LogP contribution in [0.25, 0.3) is 10.9 Å². The third-order valence-electron chi connectivity index (χ3n) is 5.06. The number of nitrogens with zero attached hydrogens (tertiary/aromatic N) is 2. The molecule has 1 aromatic heterocycles. The highest BCUT2D eigenvalue weighted by Gasteiger charge is 2.34. The Bertz CT molecular complexity index is 719. The molecule has 114 valence electrons. The number of piperidine rings is 3. The summed E-state index contributed by atoms with van der Waals surface area (Å²) in [6.07, 6.45) is 2.43. The van der Waals surface area contributed by atoms with E-state index in [4.69, 9.17) is 0 Å². The molecule has 0 spiro atoms. The Morgan fingerprint density at radius 1 is 1.23 bits per heavy atom. The zero-order valence-corrected chi connectivity index (χ0v) is 12.9. The summed E-state index contributed by atoms with van der Waals surface area (Å²) in [7, 11) is 0. The monoisotopic (exact) mass is 295 g/mol. The first-order valence-electron chi connectivity index (χ1n) is 8.10. The van der Waals surface area contributed by atoms with Crippen LogP contribution in [0.5, 0.6) is 0 Å². The molecule has 4 heteroatoms. The van der Waals surface area contributed by atoms with Gasteiger partial charge in [0.2, 0.25) is 0 Å². The van der Waals surface area contributed by atoms with Gasteiger partial charge in [-0.1, -0.05) is 6.07 Å². The maximum atomic E-state index is 12.5. The molecule has 0 radical (unpaired) electrons. The van der Waals surface area contributed by atoms with Crippen molar-refractivity contribution in [1.29, 1.82) is 0 Å². The standard InChI is InChI=1S/C18H21N3O/c1-12-2-3-14-10-15(4-5-16(14)19-12)18(22)20-17-11-21-8-6-13(17)7-9-21/h2-5,10,13,17H,6-9,11H2,1H3,(H,20,22). The number of fused-ring (bicyclic) bond motifs is 4. The Labute approximate surface area is 130 Å². The van der Waals surface area contributed by atoms with Crippen LogP contribution in [0.15, 0.2) is 30.3 Å². The fraction of sp³-hybridized carbons (Fsp3) is 0.444. The van der Waals surface area contributed by atoms with Gasteiger partial charge >= 0.3 is 0 Å². The average Bonchev–Trinajstić information content (AvgIpc) is 2.55. The van der Waals surface area contributed by atoms with Crippen molar-refractivity contribution in [3.8, 4) is 0 Å². The SMILES string of the molecule is Cc1ccc2cc(C(=O)NC3CN4CCC3CC4)ccc2n1. The molecule has 1 amide bonds. The van der Waals surface area contributed by atoms with Gasteiger partial charge in [0.05, 0.1) is 5.52 Å². The normalized spacial score (nSPS) is 27.0. The molecule has 1 N–H and O–H groups in total. The number of aryl methyl sites for hydroxylation is 1. The Morgan fingerprint density at radius 2 is 2.05 bits per heavy atom. The summed E-state index contributed by atoms with van der Waals surface area (Å²) in [5, 5.41) is 4.26. The van der Waals surface area contributed by atoms with E-state index in [0.29, 0.717) is 12.0 Å². The van der Waals surface area contributed by atoms with E-state index in [1.165, 1.54) is 25.9 Å². The molecule has 4 heterocycles. The van der Waals surface area contributed by atoms with Crippen LogP contribution in [0.2, 0.25) is 0 Å². The molecular weight excluding hydrogens is 274 g/mol. The minimum Gasteiger partial charge on any atom is -0.348 e. The summed E-state index contributed by atoms with van der Waals surface area (Å²) in [6, 6.07) is 10.1. The van der Waals surface area contributed by atoms with Crippen molar-refractivity contribution >= 4 is 16.8 Å². The fourth-order valence-electron chi connectivity index (χ4n) is 3.75. The van der Waals surface area contributed by atoms with Crippen molar-refractivity contribution in [2.24, 2.45) is 5.92 Å². The van der Waals surface area contributed by atoms with E-state index in [9.17, 15) is 4.79 Å². The van der Waals surface area contributed by atoms with Crippen molar-refractivity contribution in [1.82, 2.24) is 15.2 Å². The maximum Gasteiger partial charge on any atom is 0.251 e. The Hall–Kier alpha value is -1.94. The average molecular weight is 295 g/mol. The van der Waals surface area contributed by atoms with Gasteiger partial charge in [-0.15, -0.1) is 0 Å². The number of benzene rings is 1. The van der Waals surface area contributed by atoms with Gasteiger partial charge < -0.3 is 10.2 Å². The Balaban J connectivity index is 1.54. The van der Waals surface area contributed by atoms with Crippen molar-refractivity contribution in [2.45, 2.75) is 25.8 Å². The number of hydrogen-bond acceptors (Lipinski definition) is 3. The number of rotatable bonds is 2. The van der Waals surface area contributed by atoms with E-state index in [0.717, 1.165) is 28.7 Å². The topological polar surface area (TPSA) is 45.2 Å². The number of amides is 1.